The first-order valence-electron chi connectivity index (χ1n) is 19.4. The largest absolute Gasteiger partial charge is 0.506 e. The molecule has 3 heterocycles. The Hall–Kier alpha value is -6.72. The molecule has 0 saturated heterocycles. The van der Waals surface area contributed by atoms with E-state index in [0.29, 0.717) is 20.5 Å². The lowest BCUT2D eigenvalue weighted by Gasteiger charge is -2.29. The summed E-state index contributed by atoms with van der Waals surface area (Å²) in [5.74, 6) is -2.53. The van der Waals surface area contributed by atoms with Gasteiger partial charge in [-0.25, -0.2) is 0 Å². The number of anilines is 1. The molecule has 2 aliphatic heterocycles. The summed E-state index contributed by atoms with van der Waals surface area (Å²) >= 11 is 1.07. The molecule has 3 N–H and O–H groups in total. The van der Waals surface area contributed by atoms with Crippen LogP contribution < -0.4 is 25.5 Å². The molecule has 10 nitrogen and oxygen atoms in total. The van der Waals surface area contributed by atoms with E-state index in [-0.39, 0.29) is 53.3 Å². The van der Waals surface area contributed by atoms with Crippen LogP contribution in [0.5, 0.6) is 0 Å². The minimum Gasteiger partial charge on any atom is -0.506 e. The van der Waals surface area contributed by atoms with Gasteiger partial charge in [-0.1, -0.05) is 68.4 Å². The zero-order valence-corrected chi connectivity index (χ0v) is 33.6. The monoisotopic (exact) mass is 803 g/mol. The molecule has 294 valence electrons. The Kier molecular flexibility index (Phi) is 8.61. The van der Waals surface area contributed by atoms with Crippen LogP contribution >= 0.6 is 11.3 Å². The van der Waals surface area contributed by atoms with Crippen LogP contribution in [-0.2, 0) is 25.2 Å². The van der Waals surface area contributed by atoms with E-state index < -0.39 is 39.4 Å². The molecule has 0 bridgehead atoms. The third-order valence-corrected chi connectivity index (χ3v) is 13.3. The highest BCUT2D eigenvalue weighted by Gasteiger charge is 2.46. The number of carboxylic acid groups (broad SMARTS) is 2. The van der Waals surface area contributed by atoms with Gasteiger partial charge in [-0.05, 0) is 71.3 Å². The number of carbonyl (C=O) groups excluding carboxylic acids is 1. The predicted octanol–water partition coefficient (Wildman–Crippen LogP) is 5.97. The summed E-state index contributed by atoms with van der Waals surface area (Å²) in [7, 11) is 0. The molecule has 0 fully saturated rings. The van der Waals surface area contributed by atoms with E-state index in [4.69, 9.17) is 0 Å². The summed E-state index contributed by atoms with van der Waals surface area (Å²) in [6.45, 7) is 8.38. The van der Waals surface area contributed by atoms with Gasteiger partial charge in [-0.2, -0.15) is 4.58 Å². The summed E-state index contributed by atoms with van der Waals surface area (Å²) in [5, 5.41) is 34.6. The number of rotatable bonds is 8. The fourth-order valence-corrected chi connectivity index (χ4v) is 10.4. The van der Waals surface area contributed by atoms with Gasteiger partial charge in [0.1, 0.15) is 12.2 Å². The van der Waals surface area contributed by atoms with Crippen molar-refractivity contribution in [3.8, 4) is 0 Å². The molecule has 3 aliphatic rings. The Morgan fingerprint density at radius 2 is 1.34 bits per heavy atom. The quantitative estimate of drug-likeness (QED) is 0.158. The number of fused-ring (bicyclic) bond motifs is 6. The number of hydrogen-bond donors (Lipinski definition) is 3. The van der Waals surface area contributed by atoms with Crippen molar-refractivity contribution in [2.75, 3.05) is 18.0 Å². The van der Waals surface area contributed by atoms with E-state index in [0.717, 1.165) is 55.4 Å². The Bertz CT molecular complexity index is 3290. The van der Waals surface area contributed by atoms with Gasteiger partial charge in [0.15, 0.2) is 12.3 Å². The van der Waals surface area contributed by atoms with Crippen molar-refractivity contribution >= 4 is 79.3 Å². The van der Waals surface area contributed by atoms with Crippen LogP contribution in [0.3, 0.4) is 0 Å². The molecule has 0 spiro atoms. The van der Waals surface area contributed by atoms with Crippen molar-refractivity contribution in [1.82, 2.24) is 0 Å². The molecule has 1 aromatic heterocycles. The van der Waals surface area contributed by atoms with Gasteiger partial charge in [0, 0.05) is 50.1 Å². The van der Waals surface area contributed by atoms with Crippen LogP contribution in [-0.4, -0.2) is 56.4 Å². The summed E-state index contributed by atoms with van der Waals surface area (Å²) in [5.41, 5.74) is 3.01. The van der Waals surface area contributed by atoms with Crippen molar-refractivity contribution in [1.29, 1.82) is 0 Å². The van der Waals surface area contributed by atoms with Gasteiger partial charge in [0.05, 0.1) is 33.4 Å². The zero-order chi connectivity index (χ0) is 41.7. The van der Waals surface area contributed by atoms with E-state index in [9.17, 15) is 39.3 Å². The van der Waals surface area contributed by atoms with Crippen LogP contribution in [0.4, 0.5) is 11.4 Å². The van der Waals surface area contributed by atoms with Crippen LogP contribution in [0, 0.1) is 9.75 Å². The fourth-order valence-electron chi connectivity index (χ4n) is 9.32. The number of benzene rings is 4. The van der Waals surface area contributed by atoms with E-state index >= 15 is 0 Å². The summed E-state index contributed by atoms with van der Waals surface area (Å²) < 4.78 is 2.68. The van der Waals surface area contributed by atoms with E-state index in [1.807, 2.05) is 110 Å². The average Bonchev–Trinajstić information content (AvgIpc) is 3.81. The highest BCUT2D eigenvalue weighted by Crippen LogP contribution is 2.52. The average molecular weight is 804 g/mol. The highest BCUT2D eigenvalue weighted by molar-refractivity contribution is 7.08. The number of aliphatic carboxylic acids is 2. The van der Waals surface area contributed by atoms with Crippen molar-refractivity contribution in [2.24, 2.45) is 0 Å². The molecule has 1 aliphatic carbocycles. The molecular weight excluding hydrogens is 765 g/mol. The molecule has 6 aromatic rings. The maximum Gasteiger partial charge on any atom is 0.309 e. The van der Waals surface area contributed by atoms with Gasteiger partial charge in [0.2, 0.25) is 22.3 Å². The minimum atomic E-state index is -0.962. The maximum absolute atomic E-state index is 13.8. The molecule has 0 atom stereocenters. The minimum absolute atomic E-state index is 0.0000975. The number of aliphatic hydroxyl groups excluding tert-OH is 1. The first-order chi connectivity index (χ1) is 28.1. The fraction of sp³-hybridized carbons (Fsp3) is 0.208. The number of carboxylic acids is 2. The molecule has 11 heteroatoms. The van der Waals surface area contributed by atoms with E-state index in [1.54, 1.807) is 24.3 Å². The van der Waals surface area contributed by atoms with Gasteiger partial charge in [-0.15, -0.1) is 11.3 Å². The van der Waals surface area contributed by atoms with Gasteiger partial charge >= 0.3 is 11.9 Å². The van der Waals surface area contributed by atoms with Crippen molar-refractivity contribution in [3.63, 3.8) is 0 Å². The van der Waals surface area contributed by atoms with Crippen molar-refractivity contribution in [3.05, 3.63) is 159 Å². The normalized spacial score (nSPS) is 18.3. The first-order valence-corrected chi connectivity index (χ1v) is 20.2. The molecule has 0 saturated carbocycles. The number of carbonyl (C=O) groups is 3. The van der Waals surface area contributed by atoms with Crippen molar-refractivity contribution in [2.45, 2.75) is 51.4 Å². The van der Waals surface area contributed by atoms with Gasteiger partial charge < -0.3 is 20.2 Å². The highest BCUT2D eigenvalue weighted by atomic mass is 32.1. The van der Waals surface area contributed by atoms with E-state index in [2.05, 4.69) is 0 Å². The molecule has 5 aromatic carbocycles. The molecule has 0 radical (unpaired) electrons. The lowest BCUT2D eigenvalue weighted by molar-refractivity contribution is -0.435. The Labute approximate surface area is 340 Å². The van der Waals surface area contributed by atoms with Crippen LogP contribution in [0.15, 0.2) is 118 Å². The van der Waals surface area contributed by atoms with Crippen molar-refractivity contribution < 1.29 is 34.3 Å². The SMILES string of the molecule is CC1(C)C(=CC2=C(O)C(=c3ccc(=c4c(=O)c(=CC5=[N+](CCC(=O)O)c6ccc7ccccc7c6C5(C)C)c4=O)s3)C2=O)N(CCC(=O)O)c2ccc3ccccc3c21. The number of allylic oxidation sites excluding steroid dienone is 4. The van der Waals surface area contributed by atoms with Gasteiger partial charge in [-0.3, -0.25) is 24.0 Å². The summed E-state index contributed by atoms with van der Waals surface area (Å²) in [6.07, 6.45) is 2.98. The molecular formula is C48H39N2O8S+. The number of ketones is 1. The molecule has 0 unspecified atom stereocenters. The van der Waals surface area contributed by atoms with Crippen LogP contribution in [0.1, 0.15) is 51.7 Å². The molecule has 9 rings (SSSR count). The third kappa shape index (κ3) is 5.66. The molecule has 0 amide bonds. The topological polar surface area (TPSA) is 152 Å². The third-order valence-electron chi connectivity index (χ3n) is 12.2. The van der Waals surface area contributed by atoms with Crippen LogP contribution in [0.25, 0.3) is 33.2 Å². The first kappa shape index (κ1) is 37.8. The predicted molar refractivity (Wildman–Crippen MR) is 229 cm³/mol. The summed E-state index contributed by atoms with van der Waals surface area (Å²) in [4.78, 5) is 66.7. The molecule has 59 heavy (non-hydrogen) atoms. The second kappa shape index (κ2) is 13.4. The second-order valence-electron chi connectivity index (χ2n) is 16.3. The number of hydrogen-bond acceptors (Lipinski definition) is 8. The Morgan fingerprint density at radius 3 is 1.98 bits per heavy atom. The van der Waals surface area contributed by atoms with Gasteiger partial charge in [0.25, 0.3) is 0 Å². The smallest absolute Gasteiger partial charge is 0.309 e. The number of Topliss-reactive ketones (excluding diaryl/α,β-unsaturated/α-hetero) is 1. The lowest BCUT2D eigenvalue weighted by Crippen LogP contribution is -2.51. The maximum atomic E-state index is 13.8. The number of nitrogens with zero attached hydrogens (tertiary/aromatic N) is 2. The van der Waals surface area contributed by atoms with Crippen LogP contribution in [0.2, 0.25) is 0 Å². The standard InChI is InChI=1S/C48H38N2O8S/c1-47(2)35(49(21-19-37(51)52)31-15-13-25-9-5-7-11-27(25)41(31)47)23-29-43(55)39(44(29)56)33-17-18-34(59-33)40-45(57)30(46(40)58)24-36-48(3,4)42-28-12-8-6-10-26(28)14-16-32(42)50(36)22-20-38(53)54/h5-18,23-24H,19-22H2,1-4H3,(H2-,51,52,53,54,55,56)/p+1. The number of thiophene rings is 1. The Balaban J connectivity index is 1.13. The lowest BCUT2D eigenvalue weighted by atomic mass is 9.78. The van der Waals surface area contributed by atoms with E-state index in [1.165, 1.54) is 0 Å². The zero-order valence-electron chi connectivity index (χ0n) is 32.8. The number of aliphatic hydroxyl groups is 1. The second-order valence-corrected chi connectivity index (χ2v) is 17.4. The Morgan fingerprint density at radius 1 is 0.729 bits per heavy atom. The summed E-state index contributed by atoms with van der Waals surface area (Å²) in [6, 6.07) is 27.0.